The second kappa shape index (κ2) is 8.11. The Labute approximate surface area is 189 Å². The molecule has 2 saturated heterocycles. The molecule has 5 rings (SSSR count). The Morgan fingerprint density at radius 2 is 1.84 bits per heavy atom. The summed E-state index contributed by atoms with van der Waals surface area (Å²) in [5.41, 5.74) is 3.61. The number of rotatable bonds is 3. The Hall–Kier alpha value is -3.09. The van der Waals surface area contributed by atoms with Gasteiger partial charge < -0.3 is 19.1 Å². The maximum atomic E-state index is 13.8. The molecule has 3 aromatic rings. The van der Waals surface area contributed by atoms with E-state index in [4.69, 9.17) is 9.40 Å². The standard InChI is InChI=1S/C25H31N5O2/c1-16-8-7-9-20(14-16)30-13-12-29(15-17(30)2)25(31)21-18(3)32-24-22(21)23(26-19(4)27-24)28-10-5-6-11-28/h7-9,14,17H,5-6,10-13,15H2,1-4H3/t17-/m1/s1. The van der Waals surface area contributed by atoms with E-state index in [-0.39, 0.29) is 11.9 Å². The molecule has 2 aliphatic heterocycles. The molecule has 32 heavy (non-hydrogen) atoms. The summed E-state index contributed by atoms with van der Waals surface area (Å²) >= 11 is 0. The number of fused-ring (bicyclic) bond motifs is 1. The van der Waals surface area contributed by atoms with Gasteiger partial charge in [-0.05, 0) is 58.2 Å². The summed E-state index contributed by atoms with van der Waals surface area (Å²) in [6.45, 7) is 12.1. The summed E-state index contributed by atoms with van der Waals surface area (Å²) in [4.78, 5) is 29.6. The molecule has 0 saturated carbocycles. The minimum atomic E-state index is 0.0184. The lowest BCUT2D eigenvalue weighted by atomic mass is 10.1. The van der Waals surface area contributed by atoms with Crippen LogP contribution in [0.15, 0.2) is 28.7 Å². The lowest BCUT2D eigenvalue weighted by Crippen LogP contribution is -2.53. The first-order chi connectivity index (χ1) is 15.4. The predicted molar refractivity (Wildman–Crippen MR) is 127 cm³/mol. The Morgan fingerprint density at radius 1 is 1.06 bits per heavy atom. The smallest absolute Gasteiger partial charge is 0.258 e. The van der Waals surface area contributed by atoms with E-state index in [1.165, 1.54) is 11.3 Å². The fraction of sp³-hybridized carbons (Fsp3) is 0.480. The van der Waals surface area contributed by atoms with Gasteiger partial charge in [0, 0.05) is 44.5 Å². The number of nitrogens with zero attached hydrogens (tertiary/aromatic N) is 5. The van der Waals surface area contributed by atoms with Crippen LogP contribution in [0.25, 0.3) is 11.1 Å². The van der Waals surface area contributed by atoms with Gasteiger partial charge in [-0.25, -0.2) is 4.98 Å². The first-order valence-corrected chi connectivity index (χ1v) is 11.6. The zero-order chi connectivity index (χ0) is 22.4. The van der Waals surface area contributed by atoms with E-state index in [1.807, 2.05) is 18.7 Å². The van der Waals surface area contributed by atoms with Crippen LogP contribution in [0.5, 0.6) is 0 Å². The van der Waals surface area contributed by atoms with Crippen molar-refractivity contribution < 1.29 is 9.21 Å². The van der Waals surface area contributed by atoms with Crippen LogP contribution in [0, 0.1) is 20.8 Å². The Kier molecular flexibility index (Phi) is 5.27. The van der Waals surface area contributed by atoms with Crippen molar-refractivity contribution >= 4 is 28.5 Å². The molecule has 7 nitrogen and oxygen atoms in total. The molecule has 2 aromatic heterocycles. The minimum Gasteiger partial charge on any atom is -0.442 e. The third kappa shape index (κ3) is 3.59. The maximum Gasteiger partial charge on any atom is 0.258 e. The quantitative estimate of drug-likeness (QED) is 0.620. The van der Waals surface area contributed by atoms with Crippen LogP contribution in [0.1, 0.15) is 47.3 Å². The molecular weight excluding hydrogens is 402 g/mol. The normalized spacial score (nSPS) is 19.2. The molecule has 4 heterocycles. The van der Waals surface area contributed by atoms with Crippen LogP contribution >= 0.6 is 0 Å². The number of aromatic nitrogens is 2. The average Bonchev–Trinajstić information content (AvgIpc) is 3.40. The molecule has 1 amide bonds. The third-order valence-corrected chi connectivity index (χ3v) is 6.69. The molecule has 1 atom stereocenters. The molecule has 2 aliphatic rings. The lowest BCUT2D eigenvalue weighted by Gasteiger charge is -2.41. The molecule has 0 spiro atoms. The zero-order valence-electron chi connectivity index (χ0n) is 19.4. The SMILES string of the molecule is Cc1cccc(N2CCN(C(=O)c3c(C)oc4nc(C)nc(N5CCCC5)c34)C[C@H]2C)c1. The topological polar surface area (TPSA) is 65.7 Å². The molecule has 7 heteroatoms. The second-order valence-electron chi connectivity index (χ2n) is 9.13. The van der Waals surface area contributed by atoms with E-state index in [2.05, 4.69) is 52.9 Å². The number of hydrogen-bond acceptors (Lipinski definition) is 6. The Balaban J connectivity index is 1.46. The van der Waals surface area contributed by atoms with Crippen molar-refractivity contribution in [1.82, 2.24) is 14.9 Å². The summed E-state index contributed by atoms with van der Waals surface area (Å²) in [6, 6.07) is 8.80. The largest absolute Gasteiger partial charge is 0.442 e. The summed E-state index contributed by atoms with van der Waals surface area (Å²) in [6.07, 6.45) is 2.28. The predicted octanol–water partition coefficient (Wildman–Crippen LogP) is 4.10. The van der Waals surface area contributed by atoms with Gasteiger partial charge in [-0.3, -0.25) is 4.79 Å². The van der Waals surface area contributed by atoms with Gasteiger partial charge in [0.05, 0.1) is 10.9 Å². The van der Waals surface area contributed by atoms with Gasteiger partial charge in [0.1, 0.15) is 17.4 Å². The van der Waals surface area contributed by atoms with Gasteiger partial charge in [0.25, 0.3) is 5.91 Å². The highest BCUT2D eigenvalue weighted by atomic mass is 16.3. The van der Waals surface area contributed by atoms with Gasteiger partial charge >= 0.3 is 0 Å². The molecule has 1 aromatic carbocycles. The minimum absolute atomic E-state index is 0.0184. The van der Waals surface area contributed by atoms with Crippen LogP contribution in [0.3, 0.4) is 0 Å². The van der Waals surface area contributed by atoms with Crippen molar-refractivity contribution in [2.75, 3.05) is 42.5 Å². The van der Waals surface area contributed by atoms with Crippen molar-refractivity contribution in [3.8, 4) is 0 Å². The summed E-state index contributed by atoms with van der Waals surface area (Å²) in [5, 5.41) is 0.772. The second-order valence-corrected chi connectivity index (χ2v) is 9.13. The van der Waals surface area contributed by atoms with Crippen LogP contribution in [0.2, 0.25) is 0 Å². The van der Waals surface area contributed by atoms with E-state index in [1.54, 1.807) is 0 Å². The molecule has 0 aliphatic carbocycles. The molecule has 168 valence electrons. The first kappa shape index (κ1) is 20.8. The molecule has 0 radical (unpaired) electrons. The summed E-state index contributed by atoms with van der Waals surface area (Å²) in [5.74, 6) is 2.16. The van der Waals surface area contributed by atoms with Crippen molar-refractivity contribution in [2.45, 2.75) is 46.6 Å². The average molecular weight is 434 g/mol. The summed E-state index contributed by atoms with van der Waals surface area (Å²) < 4.78 is 5.99. The van der Waals surface area contributed by atoms with Crippen LogP contribution in [0.4, 0.5) is 11.5 Å². The number of anilines is 2. The van der Waals surface area contributed by atoms with E-state index in [0.717, 1.165) is 43.7 Å². The zero-order valence-corrected chi connectivity index (χ0v) is 19.4. The van der Waals surface area contributed by atoms with E-state index < -0.39 is 0 Å². The number of carbonyl (C=O) groups excluding carboxylic acids is 1. The van der Waals surface area contributed by atoms with E-state index in [0.29, 0.717) is 36.0 Å². The highest BCUT2D eigenvalue weighted by Crippen LogP contribution is 2.34. The maximum absolute atomic E-state index is 13.8. The molecule has 0 unspecified atom stereocenters. The number of furan rings is 1. The van der Waals surface area contributed by atoms with Gasteiger partial charge in [-0.1, -0.05) is 12.1 Å². The fourth-order valence-corrected chi connectivity index (χ4v) is 5.10. The van der Waals surface area contributed by atoms with Gasteiger partial charge in [-0.15, -0.1) is 0 Å². The van der Waals surface area contributed by atoms with Gasteiger partial charge in [0.2, 0.25) is 5.71 Å². The number of hydrogen-bond donors (Lipinski definition) is 0. The molecule has 0 N–H and O–H groups in total. The highest BCUT2D eigenvalue weighted by molar-refractivity contribution is 6.10. The highest BCUT2D eigenvalue weighted by Gasteiger charge is 2.33. The van der Waals surface area contributed by atoms with Crippen LogP contribution in [-0.4, -0.2) is 59.5 Å². The Morgan fingerprint density at radius 3 is 2.56 bits per heavy atom. The fourth-order valence-electron chi connectivity index (χ4n) is 5.10. The van der Waals surface area contributed by atoms with Crippen molar-refractivity contribution in [2.24, 2.45) is 0 Å². The number of amides is 1. The number of piperazine rings is 1. The Bertz CT molecular complexity index is 1160. The van der Waals surface area contributed by atoms with Crippen molar-refractivity contribution in [1.29, 1.82) is 0 Å². The number of carbonyl (C=O) groups is 1. The van der Waals surface area contributed by atoms with Crippen molar-refractivity contribution in [3.63, 3.8) is 0 Å². The van der Waals surface area contributed by atoms with Crippen LogP contribution in [-0.2, 0) is 0 Å². The number of benzene rings is 1. The van der Waals surface area contributed by atoms with Gasteiger partial charge in [-0.2, -0.15) is 4.98 Å². The monoisotopic (exact) mass is 433 g/mol. The molecule has 0 bridgehead atoms. The third-order valence-electron chi connectivity index (χ3n) is 6.69. The first-order valence-electron chi connectivity index (χ1n) is 11.6. The summed E-state index contributed by atoms with van der Waals surface area (Å²) in [7, 11) is 0. The lowest BCUT2D eigenvalue weighted by molar-refractivity contribution is 0.0726. The number of aryl methyl sites for hydroxylation is 3. The van der Waals surface area contributed by atoms with Crippen LogP contribution < -0.4 is 9.80 Å². The molecular formula is C25H31N5O2. The van der Waals surface area contributed by atoms with Gasteiger partial charge in [0.15, 0.2) is 0 Å². The van der Waals surface area contributed by atoms with E-state index >= 15 is 0 Å². The molecule has 2 fully saturated rings. The van der Waals surface area contributed by atoms with Crippen molar-refractivity contribution in [3.05, 3.63) is 47.0 Å². The van der Waals surface area contributed by atoms with E-state index in [9.17, 15) is 4.79 Å².